The summed E-state index contributed by atoms with van der Waals surface area (Å²) in [5.74, 6) is 0. The zero-order chi connectivity index (χ0) is 10.4. The topological polar surface area (TPSA) is 21.3 Å². The summed E-state index contributed by atoms with van der Waals surface area (Å²) in [7, 11) is 1.68. The molecule has 1 aromatic rings. The molecule has 0 fully saturated rings. The number of benzene rings is 1. The fourth-order valence-corrected chi connectivity index (χ4v) is 1.63. The molecule has 1 aromatic carbocycles. The van der Waals surface area contributed by atoms with E-state index in [0.29, 0.717) is 10.0 Å². The lowest BCUT2D eigenvalue weighted by atomic mass is 10.3. The summed E-state index contributed by atoms with van der Waals surface area (Å²) in [5.41, 5.74) is 0.798. The van der Waals surface area contributed by atoms with Gasteiger partial charge < -0.3 is 10.1 Å². The first-order valence-electron chi connectivity index (χ1n) is 4.42. The normalized spacial score (nSPS) is 10.2. The molecule has 0 heterocycles. The van der Waals surface area contributed by atoms with Gasteiger partial charge in [0.1, 0.15) is 0 Å². The van der Waals surface area contributed by atoms with Crippen LogP contribution in [0.15, 0.2) is 18.2 Å². The van der Waals surface area contributed by atoms with E-state index < -0.39 is 0 Å². The minimum Gasteiger partial charge on any atom is -0.385 e. The molecule has 1 rings (SSSR count). The number of para-hydroxylation sites is 1. The molecular formula is C10H13Cl2NO. The Kier molecular flexibility index (Phi) is 5.09. The monoisotopic (exact) mass is 233 g/mol. The lowest BCUT2D eigenvalue weighted by Crippen LogP contribution is -2.05. The highest BCUT2D eigenvalue weighted by Gasteiger charge is 2.03. The molecule has 0 aliphatic heterocycles. The number of ether oxygens (including phenoxy) is 1. The first kappa shape index (κ1) is 11.6. The van der Waals surface area contributed by atoms with Gasteiger partial charge in [-0.15, -0.1) is 0 Å². The van der Waals surface area contributed by atoms with E-state index >= 15 is 0 Å². The van der Waals surface area contributed by atoms with Crippen molar-refractivity contribution in [2.45, 2.75) is 6.42 Å². The third-order valence-electron chi connectivity index (χ3n) is 1.79. The van der Waals surface area contributed by atoms with Crippen molar-refractivity contribution >= 4 is 28.9 Å². The number of hydrogen-bond donors (Lipinski definition) is 1. The maximum Gasteiger partial charge on any atom is 0.0718 e. The van der Waals surface area contributed by atoms with Crippen LogP contribution >= 0.6 is 23.2 Å². The molecule has 4 heteroatoms. The Morgan fingerprint density at radius 2 is 1.93 bits per heavy atom. The maximum absolute atomic E-state index is 5.96. The Bertz CT molecular complexity index is 271. The van der Waals surface area contributed by atoms with E-state index in [1.165, 1.54) is 0 Å². The zero-order valence-electron chi connectivity index (χ0n) is 8.02. The Hall–Kier alpha value is -0.440. The van der Waals surface area contributed by atoms with Gasteiger partial charge in [0.05, 0.1) is 15.7 Å². The summed E-state index contributed by atoms with van der Waals surface area (Å²) >= 11 is 11.9. The summed E-state index contributed by atoms with van der Waals surface area (Å²) < 4.78 is 4.93. The lowest BCUT2D eigenvalue weighted by molar-refractivity contribution is 0.198. The first-order chi connectivity index (χ1) is 6.75. The van der Waals surface area contributed by atoms with Gasteiger partial charge in [-0.3, -0.25) is 0 Å². The number of methoxy groups -OCH3 is 1. The SMILES string of the molecule is COCCCNc1c(Cl)cccc1Cl. The molecule has 0 bridgehead atoms. The maximum atomic E-state index is 5.96. The van der Waals surface area contributed by atoms with E-state index in [4.69, 9.17) is 27.9 Å². The summed E-state index contributed by atoms with van der Waals surface area (Å²) in [6, 6.07) is 5.45. The molecule has 0 saturated carbocycles. The van der Waals surface area contributed by atoms with Crippen LogP contribution in [-0.4, -0.2) is 20.3 Å². The van der Waals surface area contributed by atoms with Crippen molar-refractivity contribution in [1.29, 1.82) is 0 Å². The van der Waals surface area contributed by atoms with Gasteiger partial charge in [0.2, 0.25) is 0 Å². The second kappa shape index (κ2) is 6.12. The van der Waals surface area contributed by atoms with Crippen LogP contribution in [0.25, 0.3) is 0 Å². The second-order valence-electron chi connectivity index (χ2n) is 2.87. The Morgan fingerprint density at radius 1 is 1.29 bits per heavy atom. The van der Waals surface area contributed by atoms with Crippen LogP contribution in [0.3, 0.4) is 0 Å². The quantitative estimate of drug-likeness (QED) is 0.788. The number of nitrogens with one attached hydrogen (secondary N) is 1. The van der Waals surface area contributed by atoms with Crippen LogP contribution in [0, 0.1) is 0 Å². The highest BCUT2D eigenvalue weighted by molar-refractivity contribution is 6.39. The van der Waals surface area contributed by atoms with Crippen molar-refractivity contribution in [3.63, 3.8) is 0 Å². The number of halogens is 2. The van der Waals surface area contributed by atoms with Crippen molar-refractivity contribution in [2.75, 3.05) is 25.6 Å². The van der Waals surface area contributed by atoms with E-state index in [9.17, 15) is 0 Å². The minimum atomic E-state index is 0.648. The molecule has 0 aliphatic rings. The summed E-state index contributed by atoms with van der Waals surface area (Å²) in [6.45, 7) is 1.53. The van der Waals surface area contributed by atoms with Crippen LogP contribution in [0.4, 0.5) is 5.69 Å². The predicted octanol–water partition coefficient (Wildman–Crippen LogP) is 3.44. The van der Waals surface area contributed by atoms with Crippen LogP contribution in [-0.2, 0) is 4.74 Å². The fraction of sp³-hybridized carbons (Fsp3) is 0.400. The van der Waals surface area contributed by atoms with Crippen molar-refractivity contribution < 1.29 is 4.74 Å². The standard InChI is InChI=1S/C10H13Cl2NO/c1-14-7-3-6-13-10-8(11)4-2-5-9(10)12/h2,4-5,13H,3,6-7H2,1H3. The molecule has 78 valence electrons. The second-order valence-corrected chi connectivity index (χ2v) is 3.68. The summed E-state index contributed by atoms with van der Waals surface area (Å²) in [5, 5.41) is 4.47. The van der Waals surface area contributed by atoms with Gasteiger partial charge in [-0.05, 0) is 18.6 Å². The minimum absolute atomic E-state index is 0.648. The number of anilines is 1. The third-order valence-corrected chi connectivity index (χ3v) is 2.42. The first-order valence-corrected chi connectivity index (χ1v) is 5.18. The molecule has 0 saturated heterocycles. The molecule has 14 heavy (non-hydrogen) atoms. The van der Waals surface area contributed by atoms with Gasteiger partial charge in [-0.2, -0.15) is 0 Å². The summed E-state index contributed by atoms with van der Waals surface area (Å²) in [6.07, 6.45) is 0.929. The highest BCUT2D eigenvalue weighted by atomic mass is 35.5. The number of hydrogen-bond acceptors (Lipinski definition) is 2. The van der Waals surface area contributed by atoms with Crippen LogP contribution in [0.5, 0.6) is 0 Å². The smallest absolute Gasteiger partial charge is 0.0718 e. The molecule has 0 spiro atoms. The average Bonchev–Trinajstić information content (AvgIpc) is 2.16. The molecule has 0 aromatic heterocycles. The van der Waals surface area contributed by atoms with Crippen LogP contribution < -0.4 is 5.32 Å². The van der Waals surface area contributed by atoms with E-state index in [1.54, 1.807) is 7.11 Å². The molecule has 2 nitrogen and oxygen atoms in total. The molecule has 1 N–H and O–H groups in total. The molecule has 0 atom stereocenters. The number of rotatable bonds is 5. The van der Waals surface area contributed by atoms with Crippen LogP contribution in [0.1, 0.15) is 6.42 Å². The Labute approximate surface area is 94.2 Å². The van der Waals surface area contributed by atoms with E-state index in [2.05, 4.69) is 5.32 Å². The van der Waals surface area contributed by atoms with Crippen molar-refractivity contribution in [3.8, 4) is 0 Å². The van der Waals surface area contributed by atoms with Gasteiger partial charge >= 0.3 is 0 Å². The van der Waals surface area contributed by atoms with E-state index in [-0.39, 0.29) is 0 Å². The van der Waals surface area contributed by atoms with Gasteiger partial charge in [-0.25, -0.2) is 0 Å². The van der Waals surface area contributed by atoms with Gasteiger partial charge in [0, 0.05) is 20.3 Å². The molecule has 0 unspecified atom stereocenters. The van der Waals surface area contributed by atoms with E-state index in [1.807, 2.05) is 18.2 Å². The van der Waals surface area contributed by atoms with Gasteiger partial charge in [0.15, 0.2) is 0 Å². The Balaban J connectivity index is 2.49. The van der Waals surface area contributed by atoms with Crippen LogP contribution in [0.2, 0.25) is 10.0 Å². The highest BCUT2D eigenvalue weighted by Crippen LogP contribution is 2.29. The van der Waals surface area contributed by atoms with Crippen molar-refractivity contribution in [2.24, 2.45) is 0 Å². The van der Waals surface area contributed by atoms with Crippen molar-refractivity contribution in [1.82, 2.24) is 0 Å². The van der Waals surface area contributed by atoms with Crippen molar-refractivity contribution in [3.05, 3.63) is 28.2 Å². The Morgan fingerprint density at radius 3 is 2.50 bits per heavy atom. The molecule has 0 aliphatic carbocycles. The zero-order valence-corrected chi connectivity index (χ0v) is 9.53. The third kappa shape index (κ3) is 3.37. The average molecular weight is 234 g/mol. The van der Waals surface area contributed by atoms with Gasteiger partial charge in [-0.1, -0.05) is 29.3 Å². The predicted molar refractivity (Wildman–Crippen MR) is 61.4 cm³/mol. The largest absolute Gasteiger partial charge is 0.385 e. The van der Waals surface area contributed by atoms with Gasteiger partial charge in [0.25, 0.3) is 0 Å². The molecule has 0 amide bonds. The molecule has 0 radical (unpaired) electrons. The summed E-state index contributed by atoms with van der Waals surface area (Å²) in [4.78, 5) is 0. The van der Waals surface area contributed by atoms with E-state index in [0.717, 1.165) is 25.3 Å². The molecular weight excluding hydrogens is 221 g/mol. The fourth-order valence-electron chi connectivity index (χ4n) is 1.10. The lowest BCUT2D eigenvalue weighted by Gasteiger charge is -2.09.